The van der Waals surface area contributed by atoms with Crippen molar-refractivity contribution in [2.45, 2.75) is 16.9 Å². The fourth-order valence-electron chi connectivity index (χ4n) is 2.15. The second-order valence-corrected chi connectivity index (χ2v) is 6.79. The standard InChI is InChI=1S/C20H20F3NO3S/c1-26-12-13-27-17-7-2-16(3-8-17)14-24-19(25)11-6-15-4-9-18(10-5-15)28-20(21,22)23/h2-11H,12-14H2,1H3,(H,24,25)/b11-6+. The summed E-state index contributed by atoms with van der Waals surface area (Å²) in [5, 5.41) is 2.74. The van der Waals surface area contributed by atoms with Gasteiger partial charge in [0, 0.05) is 24.6 Å². The van der Waals surface area contributed by atoms with Gasteiger partial charge in [-0.2, -0.15) is 13.2 Å². The van der Waals surface area contributed by atoms with E-state index in [4.69, 9.17) is 9.47 Å². The van der Waals surface area contributed by atoms with Gasteiger partial charge < -0.3 is 14.8 Å². The molecule has 0 heterocycles. The molecule has 0 aliphatic carbocycles. The molecule has 1 amide bonds. The molecule has 0 saturated heterocycles. The number of ether oxygens (including phenoxy) is 2. The molecule has 150 valence electrons. The summed E-state index contributed by atoms with van der Waals surface area (Å²) >= 11 is -0.173. The highest BCUT2D eigenvalue weighted by atomic mass is 32.2. The maximum Gasteiger partial charge on any atom is 0.446 e. The Morgan fingerprint density at radius 1 is 1.07 bits per heavy atom. The number of hydrogen-bond acceptors (Lipinski definition) is 4. The first-order chi connectivity index (χ1) is 13.4. The van der Waals surface area contributed by atoms with Gasteiger partial charge >= 0.3 is 5.51 Å². The number of alkyl halides is 3. The van der Waals surface area contributed by atoms with Crippen molar-refractivity contribution in [3.63, 3.8) is 0 Å². The minimum Gasteiger partial charge on any atom is -0.491 e. The predicted octanol–water partition coefficient (Wildman–Crippen LogP) is 4.65. The van der Waals surface area contributed by atoms with Crippen molar-refractivity contribution in [2.24, 2.45) is 0 Å². The molecule has 0 unspecified atom stereocenters. The van der Waals surface area contributed by atoms with Crippen LogP contribution in [-0.4, -0.2) is 31.7 Å². The van der Waals surface area contributed by atoms with Crippen LogP contribution >= 0.6 is 11.8 Å². The number of halogens is 3. The zero-order valence-corrected chi connectivity index (χ0v) is 16.0. The molecule has 0 aliphatic rings. The third-order valence-corrected chi connectivity index (χ3v) is 4.23. The molecular formula is C20H20F3NO3S. The summed E-state index contributed by atoms with van der Waals surface area (Å²) in [4.78, 5) is 12.0. The van der Waals surface area contributed by atoms with E-state index in [0.29, 0.717) is 25.3 Å². The van der Waals surface area contributed by atoms with Gasteiger partial charge in [0.15, 0.2) is 0 Å². The van der Waals surface area contributed by atoms with E-state index in [9.17, 15) is 18.0 Å². The smallest absolute Gasteiger partial charge is 0.446 e. The van der Waals surface area contributed by atoms with Crippen LogP contribution < -0.4 is 10.1 Å². The Morgan fingerprint density at radius 2 is 1.75 bits per heavy atom. The Kier molecular flexibility index (Phi) is 8.41. The molecule has 4 nitrogen and oxygen atoms in total. The normalized spacial score (nSPS) is 11.6. The van der Waals surface area contributed by atoms with Crippen LogP contribution in [0.5, 0.6) is 5.75 Å². The van der Waals surface area contributed by atoms with Gasteiger partial charge in [-0.1, -0.05) is 24.3 Å². The van der Waals surface area contributed by atoms with Crippen molar-refractivity contribution in [3.05, 3.63) is 65.7 Å². The summed E-state index contributed by atoms with van der Waals surface area (Å²) in [6, 6.07) is 13.1. The maximum atomic E-state index is 12.3. The number of rotatable bonds is 9. The highest BCUT2D eigenvalue weighted by molar-refractivity contribution is 8.00. The van der Waals surface area contributed by atoms with Crippen LogP contribution in [-0.2, 0) is 16.1 Å². The Labute approximate surface area is 165 Å². The molecule has 8 heteroatoms. The number of carbonyl (C=O) groups is 1. The second-order valence-electron chi connectivity index (χ2n) is 5.65. The number of carbonyl (C=O) groups excluding carboxylic acids is 1. The summed E-state index contributed by atoms with van der Waals surface area (Å²) in [5.74, 6) is 0.424. The lowest BCUT2D eigenvalue weighted by Crippen LogP contribution is -2.20. The van der Waals surface area contributed by atoms with Crippen LogP contribution in [0.25, 0.3) is 6.08 Å². The predicted molar refractivity (Wildman–Crippen MR) is 103 cm³/mol. The Hall–Kier alpha value is -2.45. The minimum atomic E-state index is -4.31. The molecule has 0 spiro atoms. The zero-order valence-electron chi connectivity index (χ0n) is 15.2. The molecule has 2 aromatic carbocycles. The van der Waals surface area contributed by atoms with Crippen molar-refractivity contribution >= 4 is 23.7 Å². The molecule has 0 aliphatic heterocycles. The molecule has 0 fully saturated rings. The van der Waals surface area contributed by atoms with Crippen LogP contribution in [0.2, 0.25) is 0 Å². The fourth-order valence-corrected chi connectivity index (χ4v) is 2.69. The summed E-state index contributed by atoms with van der Waals surface area (Å²) in [6.07, 6.45) is 2.89. The molecule has 28 heavy (non-hydrogen) atoms. The summed E-state index contributed by atoms with van der Waals surface area (Å²) in [6.45, 7) is 1.32. The highest BCUT2D eigenvalue weighted by Gasteiger charge is 2.28. The topological polar surface area (TPSA) is 47.6 Å². The number of benzene rings is 2. The number of methoxy groups -OCH3 is 1. The quantitative estimate of drug-likeness (QED) is 0.371. The molecule has 0 radical (unpaired) electrons. The summed E-state index contributed by atoms with van der Waals surface area (Å²) in [7, 11) is 1.60. The number of nitrogens with one attached hydrogen (secondary N) is 1. The lowest BCUT2D eigenvalue weighted by Gasteiger charge is -2.07. The monoisotopic (exact) mass is 411 g/mol. The third-order valence-electron chi connectivity index (χ3n) is 3.49. The average molecular weight is 411 g/mol. The van der Waals surface area contributed by atoms with Crippen molar-refractivity contribution in [2.75, 3.05) is 20.3 Å². The van der Waals surface area contributed by atoms with Gasteiger partial charge in [0.25, 0.3) is 0 Å². The van der Waals surface area contributed by atoms with Crippen LogP contribution in [0, 0.1) is 0 Å². The van der Waals surface area contributed by atoms with E-state index >= 15 is 0 Å². The van der Waals surface area contributed by atoms with Crippen molar-refractivity contribution in [1.29, 1.82) is 0 Å². The van der Waals surface area contributed by atoms with Gasteiger partial charge in [-0.3, -0.25) is 4.79 Å². The summed E-state index contributed by atoms with van der Waals surface area (Å²) < 4.78 is 47.3. The highest BCUT2D eigenvalue weighted by Crippen LogP contribution is 2.36. The second kappa shape index (κ2) is 10.8. The molecule has 0 aromatic heterocycles. The van der Waals surface area contributed by atoms with Gasteiger partial charge in [0.1, 0.15) is 12.4 Å². The van der Waals surface area contributed by atoms with Crippen LogP contribution in [0.4, 0.5) is 13.2 Å². The van der Waals surface area contributed by atoms with E-state index in [1.165, 1.54) is 30.3 Å². The number of hydrogen-bond donors (Lipinski definition) is 1. The zero-order chi connectivity index (χ0) is 20.4. The molecular weight excluding hydrogens is 391 g/mol. The van der Waals surface area contributed by atoms with Gasteiger partial charge in [0.05, 0.1) is 6.61 Å². The van der Waals surface area contributed by atoms with Gasteiger partial charge in [-0.05, 0) is 53.2 Å². The van der Waals surface area contributed by atoms with E-state index in [0.717, 1.165) is 11.3 Å². The van der Waals surface area contributed by atoms with Crippen LogP contribution in [0.3, 0.4) is 0 Å². The number of amides is 1. The van der Waals surface area contributed by atoms with Crippen molar-refractivity contribution in [1.82, 2.24) is 5.32 Å². The maximum absolute atomic E-state index is 12.3. The van der Waals surface area contributed by atoms with E-state index in [1.807, 2.05) is 24.3 Å². The molecule has 0 atom stereocenters. The van der Waals surface area contributed by atoms with Gasteiger partial charge in [0.2, 0.25) is 5.91 Å². The van der Waals surface area contributed by atoms with Crippen LogP contribution in [0.15, 0.2) is 59.5 Å². The Bertz CT molecular complexity index is 775. The summed E-state index contributed by atoms with van der Waals surface area (Å²) in [5.41, 5.74) is -2.76. The van der Waals surface area contributed by atoms with Gasteiger partial charge in [-0.15, -0.1) is 0 Å². The lowest BCUT2D eigenvalue weighted by molar-refractivity contribution is -0.116. The molecule has 2 aromatic rings. The Balaban J connectivity index is 1.78. The molecule has 0 saturated carbocycles. The van der Waals surface area contributed by atoms with Gasteiger partial charge in [-0.25, -0.2) is 0 Å². The lowest BCUT2D eigenvalue weighted by atomic mass is 10.2. The average Bonchev–Trinajstić information content (AvgIpc) is 2.66. The number of thioether (sulfide) groups is 1. The molecule has 2 rings (SSSR count). The fraction of sp³-hybridized carbons (Fsp3) is 0.250. The molecule has 1 N–H and O–H groups in total. The van der Waals surface area contributed by atoms with E-state index < -0.39 is 5.51 Å². The Morgan fingerprint density at radius 3 is 2.36 bits per heavy atom. The molecule has 0 bridgehead atoms. The first kappa shape index (κ1) is 21.8. The van der Waals surface area contributed by atoms with Crippen molar-refractivity contribution in [3.8, 4) is 5.75 Å². The van der Waals surface area contributed by atoms with Crippen LogP contribution in [0.1, 0.15) is 11.1 Å². The van der Waals surface area contributed by atoms with E-state index in [1.54, 1.807) is 13.2 Å². The minimum absolute atomic E-state index is 0.101. The van der Waals surface area contributed by atoms with E-state index in [2.05, 4.69) is 5.32 Å². The third kappa shape index (κ3) is 8.49. The SMILES string of the molecule is COCCOc1ccc(CNC(=O)/C=C/c2ccc(SC(F)(F)F)cc2)cc1. The largest absolute Gasteiger partial charge is 0.491 e. The first-order valence-electron chi connectivity index (χ1n) is 8.38. The first-order valence-corrected chi connectivity index (χ1v) is 9.20. The van der Waals surface area contributed by atoms with Crippen molar-refractivity contribution < 1.29 is 27.4 Å². The van der Waals surface area contributed by atoms with E-state index in [-0.39, 0.29) is 22.6 Å².